The van der Waals surface area contributed by atoms with Crippen LogP contribution in [-0.2, 0) is 16.6 Å². The fourth-order valence-corrected chi connectivity index (χ4v) is 3.14. The van der Waals surface area contributed by atoms with Crippen LogP contribution in [0.15, 0.2) is 24.3 Å². The van der Waals surface area contributed by atoms with Gasteiger partial charge in [0.1, 0.15) is 0 Å². The van der Waals surface area contributed by atoms with E-state index >= 15 is 0 Å². The molecule has 3 heteroatoms. The van der Waals surface area contributed by atoms with Gasteiger partial charge in [-0.2, -0.15) is 0 Å². The van der Waals surface area contributed by atoms with Crippen molar-refractivity contribution in [1.29, 1.82) is 0 Å². The topological polar surface area (TPSA) is 49.3 Å². The van der Waals surface area contributed by atoms with Crippen LogP contribution in [0, 0.1) is 5.92 Å². The summed E-state index contributed by atoms with van der Waals surface area (Å²) >= 11 is 0. The molecule has 1 aromatic carbocycles. The van der Waals surface area contributed by atoms with Crippen molar-refractivity contribution in [2.45, 2.75) is 64.3 Å². The van der Waals surface area contributed by atoms with Crippen LogP contribution in [0.2, 0.25) is 0 Å². The molecule has 1 amide bonds. The van der Waals surface area contributed by atoms with Gasteiger partial charge in [0.05, 0.1) is 5.41 Å². The lowest BCUT2D eigenvalue weighted by Gasteiger charge is -2.32. The van der Waals surface area contributed by atoms with Gasteiger partial charge in [-0.25, -0.2) is 0 Å². The maximum Gasteiger partial charge on any atom is 0.230 e. The second-order valence-electron chi connectivity index (χ2n) is 7.05. The average Bonchev–Trinajstić information content (AvgIpc) is 2.55. The number of aliphatic hydroxyl groups excluding tert-OH is 1. The lowest BCUT2D eigenvalue weighted by atomic mass is 9.81. The minimum absolute atomic E-state index is 0.101. The fraction of sp³-hybridized carbons (Fsp3) is 0.632. The number of carbonyl (C=O) groups is 1. The largest absolute Gasteiger partial charge is 0.396 e. The Morgan fingerprint density at radius 1 is 1.18 bits per heavy atom. The van der Waals surface area contributed by atoms with E-state index < -0.39 is 5.41 Å². The summed E-state index contributed by atoms with van der Waals surface area (Å²) in [6, 6.07) is 8.61. The maximum absolute atomic E-state index is 12.7. The zero-order valence-electron chi connectivity index (χ0n) is 14.1. The third-order valence-corrected chi connectivity index (χ3v) is 5.09. The van der Waals surface area contributed by atoms with Gasteiger partial charge >= 0.3 is 0 Å². The van der Waals surface area contributed by atoms with Crippen molar-refractivity contribution in [1.82, 2.24) is 5.32 Å². The van der Waals surface area contributed by atoms with Gasteiger partial charge in [0.25, 0.3) is 0 Å². The Hall–Kier alpha value is -1.35. The molecule has 0 aromatic heterocycles. The van der Waals surface area contributed by atoms with Gasteiger partial charge < -0.3 is 10.4 Å². The van der Waals surface area contributed by atoms with Crippen molar-refractivity contribution < 1.29 is 9.90 Å². The summed E-state index contributed by atoms with van der Waals surface area (Å²) in [6.45, 7) is 6.39. The number of aliphatic hydroxyl groups is 1. The SMILES string of the molecule is CCc1ccc(C(C)(C)C(=O)NC2CCC(CO)CC2)cc1. The summed E-state index contributed by atoms with van der Waals surface area (Å²) in [4.78, 5) is 12.7. The van der Waals surface area contributed by atoms with Crippen LogP contribution in [0.4, 0.5) is 0 Å². The molecule has 0 spiro atoms. The zero-order valence-corrected chi connectivity index (χ0v) is 14.1. The molecular formula is C19H29NO2. The van der Waals surface area contributed by atoms with Crippen molar-refractivity contribution in [2.24, 2.45) is 5.92 Å². The van der Waals surface area contributed by atoms with E-state index in [0.717, 1.165) is 37.7 Å². The smallest absolute Gasteiger partial charge is 0.230 e. The van der Waals surface area contributed by atoms with Crippen LogP contribution in [0.3, 0.4) is 0 Å². The second-order valence-corrected chi connectivity index (χ2v) is 7.05. The first-order chi connectivity index (χ1) is 10.5. The van der Waals surface area contributed by atoms with E-state index in [1.54, 1.807) is 0 Å². The van der Waals surface area contributed by atoms with E-state index in [4.69, 9.17) is 0 Å². The molecule has 1 saturated carbocycles. The molecule has 0 heterocycles. The number of benzene rings is 1. The lowest BCUT2D eigenvalue weighted by molar-refractivity contribution is -0.126. The van der Waals surface area contributed by atoms with Gasteiger partial charge in [-0.15, -0.1) is 0 Å². The molecule has 22 heavy (non-hydrogen) atoms. The van der Waals surface area contributed by atoms with Gasteiger partial charge in [0.2, 0.25) is 5.91 Å². The third-order valence-electron chi connectivity index (χ3n) is 5.09. The third kappa shape index (κ3) is 3.89. The molecule has 1 aliphatic rings. The quantitative estimate of drug-likeness (QED) is 0.877. The highest BCUT2D eigenvalue weighted by atomic mass is 16.3. The molecule has 2 rings (SSSR count). The number of hydrogen-bond donors (Lipinski definition) is 2. The normalized spacial score (nSPS) is 22.4. The minimum atomic E-state index is -0.514. The van der Waals surface area contributed by atoms with Gasteiger partial charge in [-0.05, 0) is 63.0 Å². The molecule has 0 saturated heterocycles. The molecule has 1 fully saturated rings. The fourth-order valence-electron chi connectivity index (χ4n) is 3.14. The first-order valence-electron chi connectivity index (χ1n) is 8.48. The predicted molar refractivity (Wildman–Crippen MR) is 89.8 cm³/mol. The van der Waals surface area contributed by atoms with Crippen LogP contribution in [0.1, 0.15) is 57.6 Å². The number of rotatable bonds is 5. The molecular weight excluding hydrogens is 274 g/mol. The summed E-state index contributed by atoms with van der Waals surface area (Å²) < 4.78 is 0. The first kappa shape index (κ1) is 17.0. The number of amides is 1. The predicted octanol–water partition coefficient (Wildman–Crippen LogP) is 3.19. The Bertz CT molecular complexity index is 485. The van der Waals surface area contributed by atoms with Crippen LogP contribution in [-0.4, -0.2) is 23.7 Å². The first-order valence-corrected chi connectivity index (χ1v) is 8.48. The van der Waals surface area contributed by atoms with E-state index in [9.17, 15) is 9.90 Å². The van der Waals surface area contributed by atoms with Crippen molar-refractivity contribution in [3.05, 3.63) is 35.4 Å². The summed E-state index contributed by atoms with van der Waals surface area (Å²) in [7, 11) is 0. The minimum Gasteiger partial charge on any atom is -0.396 e. The number of hydrogen-bond acceptors (Lipinski definition) is 2. The summed E-state index contributed by atoms with van der Waals surface area (Å²) in [5.74, 6) is 0.520. The number of carbonyl (C=O) groups excluding carboxylic acids is 1. The summed E-state index contributed by atoms with van der Waals surface area (Å²) in [6.07, 6.45) is 4.98. The maximum atomic E-state index is 12.7. The van der Waals surface area contributed by atoms with E-state index in [1.807, 2.05) is 13.8 Å². The highest BCUT2D eigenvalue weighted by Gasteiger charge is 2.32. The molecule has 1 aliphatic carbocycles. The Morgan fingerprint density at radius 2 is 1.77 bits per heavy atom. The second kappa shape index (κ2) is 7.28. The highest BCUT2D eigenvalue weighted by molar-refractivity contribution is 5.87. The number of aryl methyl sites for hydroxylation is 1. The van der Waals surface area contributed by atoms with E-state index in [0.29, 0.717) is 5.92 Å². The lowest BCUT2D eigenvalue weighted by Crippen LogP contribution is -2.46. The van der Waals surface area contributed by atoms with Crippen molar-refractivity contribution in [2.75, 3.05) is 6.61 Å². The monoisotopic (exact) mass is 303 g/mol. The molecule has 1 aromatic rings. The Morgan fingerprint density at radius 3 is 2.27 bits per heavy atom. The highest BCUT2D eigenvalue weighted by Crippen LogP contribution is 2.27. The van der Waals surface area contributed by atoms with Crippen molar-refractivity contribution >= 4 is 5.91 Å². The van der Waals surface area contributed by atoms with Crippen molar-refractivity contribution in [3.8, 4) is 0 Å². The van der Waals surface area contributed by atoms with E-state index in [1.165, 1.54) is 5.56 Å². The molecule has 0 unspecified atom stereocenters. The van der Waals surface area contributed by atoms with Crippen LogP contribution in [0.25, 0.3) is 0 Å². The molecule has 0 radical (unpaired) electrons. The Labute approximate surface area is 134 Å². The van der Waals surface area contributed by atoms with Crippen LogP contribution < -0.4 is 5.32 Å². The van der Waals surface area contributed by atoms with E-state index in [2.05, 4.69) is 36.5 Å². The van der Waals surface area contributed by atoms with Gasteiger partial charge in [-0.1, -0.05) is 31.2 Å². The van der Waals surface area contributed by atoms with Crippen LogP contribution in [0.5, 0.6) is 0 Å². The van der Waals surface area contributed by atoms with Gasteiger partial charge in [-0.3, -0.25) is 4.79 Å². The van der Waals surface area contributed by atoms with Gasteiger partial charge in [0, 0.05) is 12.6 Å². The molecule has 0 bridgehead atoms. The summed E-state index contributed by atoms with van der Waals surface area (Å²) in [5, 5.41) is 12.4. The van der Waals surface area contributed by atoms with Crippen LogP contribution >= 0.6 is 0 Å². The van der Waals surface area contributed by atoms with Crippen molar-refractivity contribution in [3.63, 3.8) is 0 Å². The molecule has 0 atom stereocenters. The standard InChI is InChI=1S/C19H29NO2/c1-4-14-5-9-16(10-6-14)19(2,3)18(22)20-17-11-7-15(13-21)8-12-17/h5-6,9-10,15,17,21H,4,7-8,11-13H2,1-3H3,(H,20,22). The zero-order chi connectivity index (χ0) is 16.2. The van der Waals surface area contributed by atoms with E-state index in [-0.39, 0.29) is 18.6 Å². The molecule has 2 N–H and O–H groups in total. The Balaban J connectivity index is 1.97. The molecule has 122 valence electrons. The molecule has 3 nitrogen and oxygen atoms in total. The van der Waals surface area contributed by atoms with Gasteiger partial charge in [0.15, 0.2) is 0 Å². The average molecular weight is 303 g/mol. The number of nitrogens with one attached hydrogen (secondary N) is 1. The molecule has 0 aliphatic heterocycles. The summed E-state index contributed by atoms with van der Waals surface area (Å²) in [5.41, 5.74) is 1.84. The Kier molecular flexibility index (Phi) is 5.63.